The van der Waals surface area contributed by atoms with Crippen LogP contribution in [-0.4, -0.2) is 30.3 Å². The molecular weight excluding hydrogens is 280 g/mol. The molecule has 2 rings (SSSR count). The summed E-state index contributed by atoms with van der Waals surface area (Å²) >= 11 is 0. The number of amides is 1. The number of nitrogens with one attached hydrogen (secondary N) is 1. The van der Waals surface area contributed by atoms with Crippen molar-refractivity contribution < 1.29 is 23.4 Å². The van der Waals surface area contributed by atoms with Gasteiger partial charge in [-0.2, -0.15) is 8.78 Å². The van der Waals surface area contributed by atoms with E-state index < -0.39 is 18.6 Å². The maximum absolute atomic E-state index is 12.3. The number of benzene rings is 1. The molecule has 0 aromatic heterocycles. The van der Waals surface area contributed by atoms with Crippen LogP contribution < -0.4 is 10.1 Å². The van der Waals surface area contributed by atoms with Crippen LogP contribution in [0.2, 0.25) is 0 Å². The number of aliphatic hydroxyl groups is 1. The molecule has 1 amide bonds. The predicted octanol–water partition coefficient (Wildman–Crippen LogP) is 2.57. The van der Waals surface area contributed by atoms with Crippen LogP contribution in [0.4, 0.5) is 8.78 Å². The van der Waals surface area contributed by atoms with Crippen LogP contribution in [-0.2, 0) is 0 Å². The van der Waals surface area contributed by atoms with Gasteiger partial charge in [0, 0.05) is 12.5 Å². The van der Waals surface area contributed by atoms with Crippen molar-refractivity contribution in [3.05, 3.63) is 29.8 Å². The van der Waals surface area contributed by atoms with Crippen LogP contribution in [0.15, 0.2) is 24.3 Å². The normalized spacial score (nSPS) is 22.1. The Morgan fingerprint density at radius 1 is 1.33 bits per heavy atom. The smallest absolute Gasteiger partial charge is 0.387 e. The molecular formula is C15H19F2NO3. The second kappa shape index (κ2) is 7.36. The molecule has 2 atom stereocenters. The molecule has 1 aliphatic rings. The number of ether oxygens (including phenoxy) is 1. The number of carbonyl (C=O) groups excluding carboxylic acids is 1. The van der Waals surface area contributed by atoms with Gasteiger partial charge >= 0.3 is 6.61 Å². The fraction of sp³-hybridized carbons (Fsp3) is 0.533. The number of carbonyl (C=O) groups is 1. The summed E-state index contributed by atoms with van der Waals surface area (Å²) < 4.78 is 28.9. The Bertz CT molecular complexity index is 482. The molecule has 0 bridgehead atoms. The summed E-state index contributed by atoms with van der Waals surface area (Å²) in [5, 5.41) is 12.5. The second-order valence-electron chi connectivity index (χ2n) is 5.20. The fourth-order valence-electron chi connectivity index (χ4n) is 2.60. The lowest BCUT2D eigenvalue weighted by molar-refractivity contribution is -0.0501. The topological polar surface area (TPSA) is 58.6 Å². The minimum Gasteiger partial charge on any atom is -0.434 e. The molecule has 1 aliphatic carbocycles. The molecule has 4 nitrogen and oxygen atoms in total. The molecule has 116 valence electrons. The first kappa shape index (κ1) is 15.7. The van der Waals surface area contributed by atoms with Crippen molar-refractivity contribution in [1.29, 1.82) is 0 Å². The van der Waals surface area contributed by atoms with Crippen molar-refractivity contribution in [3.8, 4) is 5.75 Å². The average Bonchev–Trinajstić information content (AvgIpc) is 2.46. The first-order chi connectivity index (χ1) is 10.1. The highest BCUT2D eigenvalue weighted by Crippen LogP contribution is 2.24. The second-order valence-corrected chi connectivity index (χ2v) is 5.20. The van der Waals surface area contributed by atoms with Gasteiger partial charge in [-0.25, -0.2) is 0 Å². The third kappa shape index (κ3) is 4.39. The Hall–Kier alpha value is -1.69. The van der Waals surface area contributed by atoms with Gasteiger partial charge in [-0.1, -0.05) is 25.0 Å². The Kier molecular flexibility index (Phi) is 5.50. The molecule has 0 heterocycles. The lowest BCUT2D eigenvalue weighted by atomic mass is 9.86. The highest BCUT2D eigenvalue weighted by atomic mass is 19.3. The Morgan fingerprint density at radius 2 is 2.05 bits per heavy atom. The van der Waals surface area contributed by atoms with Gasteiger partial charge in [-0.15, -0.1) is 0 Å². The summed E-state index contributed by atoms with van der Waals surface area (Å²) in [5.74, 6) is -0.593. The molecule has 1 fully saturated rings. The fourth-order valence-corrected chi connectivity index (χ4v) is 2.60. The van der Waals surface area contributed by atoms with E-state index in [9.17, 15) is 18.7 Å². The van der Waals surface area contributed by atoms with Crippen LogP contribution in [0, 0.1) is 5.92 Å². The average molecular weight is 299 g/mol. The summed E-state index contributed by atoms with van der Waals surface area (Å²) in [6.07, 6.45) is 3.22. The van der Waals surface area contributed by atoms with Gasteiger partial charge in [0.25, 0.3) is 5.91 Å². The van der Waals surface area contributed by atoms with E-state index >= 15 is 0 Å². The number of rotatable bonds is 5. The molecule has 21 heavy (non-hydrogen) atoms. The van der Waals surface area contributed by atoms with Gasteiger partial charge in [0.05, 0.1) is 11.7 Å². The monoisotopic (exact) mass is 299 g/mol. The molecule has 0 radical (unpaired) electrons. The largest absolute Gasteiger partial charge is 0.434 e. The van der Waals surface area contributed by atoms with Gasteiger partial charge in [0.15, 0.2) is 0 Å². The third-order valence-electron chi connectivity index (χ3n) is 3.74. The quantitative estimate of drug-likeness (QED) is 0.878. The molecule has 0 aliphatic heterocycles. The molecule has 6 heteroatoms. The van der Waals surface area contributed by atoms with E-state index in [2.05, 4.69) is 10.1 Å². The SMILES string of the molecule is O=C(NCC1CCCCC1O)c1ccccc1OC(F)F. The Balaban J connectivity index is 1.96. The molecule has 0 saturated heterocycles. The predicted molar refractivity (Wildman–Crippen MR) is 73.4 cm³/mol. The van der Waals surface area contributed by atoms with Crippen LogP contribution in [0.3, 0.4) is 0 Å². The number of hydrogen-bond donors (Lipinski definition) is 2. The molecule has 2 unspecified atom stereocenters. The van der Waals surface area contributed by atoms with Gasteiger partial charge in [-0.05, 0) is 25.0 Å². The summed E-state index contributed by atoms with van der Waals surface area (Å²) in [6.45, 7) is -2.64. The van der Waals surface area contributed by atoms with Crippen molar-refractivity contribution in [1.82, 2.24) is 5.32 Å². The van der Waals surface area contributed by atoms with E-state index in [0.717, 1.165) is 25.7 Å². The van der Waals surface area contributed by atoms with E-state index in [1.165, 1.54) is 18.2 Å². The molecule has 2 N–H and O–H groups in total. The number of hydrogen-bond acceptors (Lipinski definition) is 3. The Labute approximate surface area is 122 Å². The van der Waals surface area contributed by atoms with Crippen LogP contribution in [0.1, 0.15) is 36.0 Å². The molecule has 1 aromatic carbocycles. The van der Waals surface area contributed by atoms with E-state index in [4.69, 9.17) is 0 Å². The van der Waals surface area contributed by atoms with Crippen LogP contribution >= 0.6 is 0 Å². The lowest BCUT2D eigenvalue weighted by Crippen LogP contribution is -2.36. The van der Waals surface area contributed by atoms with Crippen molar-refractivity contribution in [3.63, 3.8) is 0 Å². The molecule has 0 spiro atoms. The highest BCUT2D eigenvalue weighted by Gasteiger charge is 2.24. The van der Waals surface area contributed by atoms with Crippen molar-refractivity contribution in [2.45, 2.75) is 38.4 Å². The van der Waals surface area contributed by atoms with Gasteiger partial charge in [0.1, 0.15) is 5.75 Å². The number of alkyl halides is 2. The maximum atomic E-state index is 12.3. The number of para-hydroxylation sites is 1. The standard InChI is InChI=1S/C15H19F2NO3/c16-15(17)21-13-8-4-2-6-11(13)14(20)18-9-10-5-1-3-7-12(10)19/h2,4,6,8,10,12,15,19H,1,3,5,7,9H2,(H,18,20). The first-order valence-corrected chi connectivity index (χ1v) is 7.08. The molecule has 1 aromatic rings. The van der Waals surface area contributed by atoms with Crippen LogP contribution in [0.5, 0.6) is 5.75 Å². The summed E-state index contributed by atoms with van der Waals surface area (Å²) in [6, 6.07) is 5.88. The first-order valence-electron chi connectivity index (χ1n) is 7.08. The maximum Gasteiger partial charge on any atom is 0.387 e. The van der Waals surface area contributed by atoms with Crippen molar-refractivity contribution >= 4 is 5.91 Å². The molecule has 1 saturated carbocycles. The summed E-state index contributed by atoms with van der Waals surface area (Å²) in [7, 11) is 0. The highest BCUT2D eigenvalue weighted by molar-refractivity contribution is 5.96. The van der Waals surface area contributed by atoms with Gasteiger partial charge in [-0.3, -0.25) is 4.79 Å². The van der Waals surface area contributed by atoms with Crippen molar-refractivity contribution in [2.24, 2.45) is 5.92 Å². The lowest BCUT2D eigenvalue weighted by Gasteiger charge is -2.27. The van der Waals surface area contributed by atoms with E-state index in [0.29, 0.717) is 6.54 Å². The van der Waals surface area contributed by atoms with Crippen molar-refractivity contribution in [2.75, 3.05) is 6.54 Å². The zero-order valence-corrected chi connectivity index (χ0v) is 11.6. The number of aliphatic hydroxyl groups excluding tert-OH is 1. The van der Waals surface area contributed by atoms with E-state index in [1.807, 2.05) is 0 Å². The zero-order chi connectivity index (χ0) is 15.2. The minimum absolute atomic E-state index is 0.0193. The summed E-state index contributed by atoms with van der Waals surface area (Å²) in [5.41, 5.74) is 0.0723. The van der Waals surface area contributed by atoms with Gasteiger partial charge < -0.3 is 15.2 Å². The van der Waals surface area contributed by atoms with Gasteiger partial charge in [0.2, 0.25) is 0 Å². The Morgan fingerprint density at radius 3 is 2.76 bits per heavy atom. The minimum atomic E-state index is -2.97. The third-order valence-corrected chi connectivity index (χ3v) is 3.74. The summed E-state index contributed by atoms with van der Waals surface area (Å²) in [4.78, 5) is 12.1. The van der Waals surface area contributed by atoms with E-state index in [1.54, 1.807) is 6.07 Å². The number of halogens is 2. The van der Waals surface area contributed by atoms with Crippen LogP contribution in [0.25, 0.3) is 0 Å². The zero-order valence-electron chi connectivity index (χ0n) is 11.6. The van der Waals surface area contributed by atoms with E-state index in [-0.39, 0.29) is 17.2 Å².